The maximum atomic E-state index is 14.0. The van der Waals surface area contributed by atoms with E-state index >= 15 is 0 Å². The summed E-state index contributed by atoms with van der Waals surface area (Å²) in [4.78, 5) is 4.25. The van der Waals surface area contributed by atoms with Crippen molar-refractivity contribution < 1.29 is 9.13 Å². The van der Waals surface area contributed by atoms with Gasteiger partial charge in [-0.3, -0.25) is 4.98 Å². The van der Waals surface area contributed by atoms with Crippen molar-refractivity contribution in [1.82, 2.24) is 4.98 Å². The molecule has 0 N–H and O–H groups in total. The number of pyridine rings is 1. The number of fused-ring (bicyclic) bond motifs is 1. The maximum absolute atomic E-state index is 14.0. The Hall–Kier alpha value is -1.94. The number of rotatable bonds is 3. The van der Waals surface area contributed by atoms with E-state index in [1.165, 1.54) is 6.07 Å². The molecule has 20 heavy (non-hydrogen) atoms. The molecule has 0 aliphatic heterocycles. The molecule has 4 heteroatoms. The molecule has 100 valence electrons. The lowest BCUT2D eigenvalue weighted by Crippen LogP contribution is -1.91. The molecule has 1 aromatic heterocycles. The number of hydrogen-bond donors (Lipinski definition) is 0. The van der Waals surface area contributed by atoms with Crippen LogP contribution in [0.3, 0.4) is 0 Å². The number of alkyl halides is 1. The quantitative estimate of drug-likeness (QED) is 0.626. The molecule has 0 unspecified atom stereocenters. The second kappa shape index (κ2) is 5.59. The summed E-state index contributed by atoms with van der Waals surface area (Å²) in [5.41, 5.74) is 1.69. The molecule has 2 nitrogen and oxygen atoms in total. The minimum atomic E-state index is -0.372. The van der Waals surface area contributed by atoms with Gasteiger partial charge >= 0.3 is 0 Å². The molecule has 0 atom stereocenters. The van der Waals surface area contributed by atoms with Crippen LogP contribution in [0, 0.1) is 5.82 Å². The highest BCUT2D eigenvalue weighted by Gasteiger charge is 2.08. The van der Waals surface area contributed by atoms with Crippen LogP contribution >= 0.6 is 15.9 Å². The Labute approximate surface area is 124 Å². The average molecular weight is 332 g/mol. The van der Waals surface area contributed by atoms with E-state index in [1.54, 1.807) is 12.3 Å². The number of aromatic nitrogens is 1. The second-order valence-corrected chi connectivity index (χ2v) is 4.89. The van der Waals surface area contributed by atoms with Gasteiger partial charge in [0.1, 0.15) is 5.75 Å². The van der Waals surface area contributed by atoms with Crippen molar-refractivity contribution in [2.45, 2.75) is 5.33 Å². The van der Waals surface area contributed by atoms with Crippen LogP contribution in [0.15, 0.2) is 54.7 Å². The number of ether oxygens (including phenoxy) is 1. The molecular weight excluding hydrogens is 321 g/mol. The van der Waals surface area contributed by atoms with Crippen LogP contribution in [-0.2, 0) is 5.33 Å². The van der Waals surface area contributed by atoms with Crippen LogP contribution in [0.5, 0.6) is 11.5 Å². The van der Waals surface area contributed by atoms with Gasteiger partial charge in [-0.05, 0) is 42.0 Å². The Morgan fingerprint density at radius 2 is 1.95 bits per heavy atom. The van der Waals surface area contributed by atoms with Gasteiger partial charge in [-0.15, -0.1) is 0 Å². The van der Waals surface area contributed by atoms with Gasteiger partial charge in [-0.1, -0.05) is 28.1 Å². The van der Waals surface area contributed by atoms with Gasteiger partial charge in [0.2, 0.25) is 0 Å². The molecular formula is C16H11BrFNO. The molecule has 0 aliphatic rings. The zero-order valence-electron chi connectivity index (χ0n) is 10.5. The van der Waals surface area contributed by atoms with Crippen molar-refractivity contribution in [2.24, 2.45) is 0 Å². The maximum Gasteiger partial charge on any atom is 0.166 e. The summed E-state index contributed by atoms with van der Waals surface area (Å²) in [6.07, 6.45) is 1.72. The van der Waals surface area contributed by atoms with Crippen molar-refractivity contribution >= 4 is 26.8 Å². The molecule has 0 aliphatic carbocycles. The molecule has 3 aromatic rings. The van der Waals surface area contributed by atoms with E-state index in [4.69, 9.17) is 4.74 Å². The summed E-state index contributed by atoms with van der Waals surface area (Å²) >= 11 is 3.30. The first-order chi connectivity index (χ1) is 9.78. The second-order valence-electron chi connectivity index (χ2n) is 4.33. The van der Waals surface area contributed by atoms with E-state index in [1.807, 2.05) is 36.4 Å². The summed E-state index contributed by atoms with van der Waals surface area (Å²) in [5.74, 6) is 0.440. The fourth-order valence-corrected chi connectivity index (χ4v) is 2.34. The Morgan fingerprint density at radius 3 is 2.75 bits per heavy atom. The summed E-state index contributed by atoms with van der Waals surface area (Å²) < 4.78 is 19.7. The van der Waals surface area contributed by atoms with Gasteiger partial charge in [-0.25, -0.2) is 4.39 Å². The topological polar surface area (TPSA) is 22.1 Å². The van der Waals surface area contributed by atoms with Gasteiger partial charge in [0.25, 0.3) is 0 Å². The van der Waals surface area contributed by atoms with Crippen LogP contribution in [0.1, 0.15) is 5.56 Å². The first-order valence-corrected chi connectivity index (χ1v) is 7.26. The summed E-state index contributed by atoms with van der Waals surface area (Å²) in [7, 11) is 0. The lowest BCUT2D eigenvalue weighted by Gasteiger charge is -2.10. The van der Waals surface area contributed by atoms with E-state index in [-0.39, 0.29) is 11.6 Å². The molecule has 0 saturated heterocycles. The first kappa shape index (κ1) is 13.1. The van der Waals surface area contributed by atoms with Gasteiger partial charge in [0.15, 0.2) is 11.6 Å². The highest BCUT2D eigenvalue weighted by molar-refractivity contribution is 9.08. The monoisotopic (exact) mass is 331 g/mol. The predicted octanol–water partition coefficient (Wildman–Crippen LogP) is 5.06. The van der Waals surface area contributed by atoms with Crippen molar-refractivity contribution in [3.8, 4) is 11.5 Å². The zero-order valence-corrected chi connectivity index (χ0v) is 12.1. The fraction of sp³-hybridized carbons (Fsp3) is 0.0625. The standard InChI is InChI=1S/C16H11BrFNO/c17-10-11-6-7-16(13(18)9-11)20-15-5-1-4-14-12(15)3-2-8-19-14/h1-9H,10H2. The molecule has 0 spiro atoms. The van der Waals surface area contributed by atoms with Crippen LogP contribution in [0.25, 0.3) is 10.9 Å². The van der Waals surface area contributed by atoms with Crippen LogP contribution in [0.4, 0.5) is 4.39 Å². The lowest BCUT2D eigenvalue weighted by atomic mass is 10.2. The molecule has 3 rings (SSSR count). The minimum absolute atomic E-state index is 0.214. The molecule has 1 heterocycles. The first-order valence-electron chi connectivity index (χ1n) is 6.14. The average Bonchev–Trinajstić information content (AvgIpc) is 2.49. The Balaban J connectivity index is 2.01. The lowest BCUT2D eigenvalue weighted by molar-refractivity contribution is 0.446. The number of halogens is 2. The third-order valence-electron chi connectivity index (χ3n) is 2.98. The zero-order chi connectivity index (χ0) is 13.9. The Bertz CT molecular complexity index is 755. The fourth-order valence-electron chi connectivity index (χ4n) is 1.99. The van der Waals surface area contributed by atoms with Crippen molar-refractivity contribution in [3.05, 3.63) is 66.1 Å². The van der Waals surface area contributed by atoms with E-state index in [9.17, 15) is 4.39 Å². The highest BCUT2D eigenvalue weighted by atomic mass is 79.9. The van der Waals surface area contributed by atoms with E-state index in [0.29, 0.717) is 11.1 Å². The molecule has 0 bridgehead atoms. The Kier molecular flexibility index (Phi) is 3.65. The van der Waals surface area contributed by atoms with Crippen molar-refractivity contribution in [2.75, 3.05) is 0 Å². The number of benzene rings is 2. The molecule has 0 saturated carbocycles. The van der Waals surface area contributed by atoms with Crippen molar-refractivity contribution in [1.29, 1.82) is 0 Å². The summed E-state index contributed by atoms with van der Waals surface area (Å²) in [6.45, 7) is 0. The normalized spacial score (nSPS) is 10.7. The number of nitrogens with zero attached hydrogens (tertiary/aromatic N) is 1. The third-order valence-corrected chi connectivity index (χ3v) is 3.62. The van der Waals surface area contributed by atoms with Crippen LogP contribution < -0.4 is 4.74 Å². The Morgan fingerprint density at radius 1 is 1.05 bits per heavy atom. The largest absolute Gasteiger partial charge is 0.454 e. The third kappa shape index (κ3) is 2.51. The molecule has 2 aromatic carbocycles. The summed E-state index contributed by atoms with van der Waals surface area (Å²) in [5, 5.41) is 1.47. The van der Waals surface area contributed by atoms with E-state index in [0.717, 1.165) is 16.5 Å². The van der Waals surface area contributed by atoms with Gasteiger partial charge in [-0.2, -0.15) is 0 Å². The van der Waals surface area contributed by atoms with Gasteiger partial charge < -0.3 is 4.74 Å². The van der Waals surface area contributed by atoms with Gasteiger partial charge in [0.05, 0.1) is 5.52 Å². The summed E-state index contributed by atoms with van der Waals surface area (Å²) in [6, 6.07) is 14.2. The van der Waals surface area contributed by atoms with Gasteiger partial charge in [0, 0.05) is 16.9 Å². The molecule has 0 fully saturated rings. The highest BCUT2D eigenvalue weighted by Crippen LogP contribution is 2.30. The predicted molar refractivity (Wildman–Crippen MR) is 80.8 cm³/mol. The van der Waals surface area contributed by atoms with E-state index < -0.39 is 0 Å². The number of hydrogen-bond acceptors (Lipinski definition) is 2. The van der Waals surface area contributed by atoms with Crippen LogP contribution in [-0.4, -0.2) is 4.98 Å². The molecule has 0 amide bonds. The molecule has 0 radical (unpaired) electrons. The smallest absolute Gasteiger partial charge is 0.166 e. The minimum Gasteiger partial charge on any atom is -0.454 e. The van der Waals surface area contributed by atoms with E-state index in [2.05, 4.69) is 20.9 Å². The SMILES string of the molecule is Fc1cc(CBr)ccc1Oc1cccc2ncccc12. The van der Waals surface area contributed by atoms with Crippen molar-refractivity contribution in [3.63, 3.8) is 0 Å². The van der Waals surface area contributed by atoms with Crippen LogP contribution in [0.2, 0.25) is 0 Å².